The van der Waals surface area contributed by atoms with Gasteiger partial charge in [0.15, 0.2) is 0 Å². The number of carbonyl (C=O) groups is 2. The van der Waals surface area contributed by atoms with E-state index in [9.17, 15) is 9.59 Å². The van der Waals surface area contributed by atoms with Crippen LogP contribution in [0.1, 0.15) is 17.7 Å². The highest BCUT2D eigenvalue weighted by atomic mass is 32.1. The molecule has 3 amide bonds. The molecular formula is C16H24N4O2S. The van der Waals surface area contributed by atoms with Crippen LogP contribution in [0.25, 0.3) is 0 Å². The molecule has 0 bridgehead atoms. The number of carbonyl (C=O) groups excluding carboxylic acids is 2. The van der Waals surface area contributed by atoms with Crippen molar-refractivity contribution < 1.29 is 9.59 Å². The van der Waals surface area contributed by atoms with E-state index in [1.165, 1.54) is 4.88 Å². The van der Waals surface area contributed by atoms with Crippen molar-refractivity contribution in [1.29, 1.82) is 0 Å². The van der Waals surface area contributed by atoms with E-state index in [2.05, 4.69) is 27.0 Å². The van der Waals surface area contributed by atoms with Crippen molar-refractivity contribution in [2.45, 2.75) is 25.3 Å². The first-order valence-electron chi connectivity index (χ1n) is 8.28. The minimum atomic E-state index is 0.0646. The van der Waals surface area contributed by atoms with Gasteiger partial charge < -0.3 is 15.5 Å². The van der Waals surface area contributed by atoms with Crippen LogP contribution in [0.3, 0.4) is 0 Å². The van der Waals surface area contributed by atoms with Gasteiger partial charge in [-0.1, -0.05) is 6.07 Å². The van der Waals surface area contributed by atoms with Crippen LogP contribution in [0.5, 0.6) is 0 Å². The van der Waals surface area contributed by atoms with E-state index in [1.54, 1.807) is 11.3 Å². The van der Waals surface area contributed by atoms with Crippen LogP contribution in [-0.2, 0) is 11.2 Å². The summed E-state index contributed by atoms with van der Waals surface area (Å²) >= 11 is 1.72. The molecule has 2 fully saturated rings. The van der Waals surface area contributed by atoms with Crippen LogP contribution < -0.4 is 10.6 Å². The highest BCUT2D eigenvalue weighted by Crippen LogP contribution is 2.18. The highest BCUT2D eigenvalue weighted by molar-refractivity contribution is 7.09. The maximum Gasteiger partial charge on any atom is 0.317 e. The van der Waals surface area contributed by atoms with Crippen LogP contribution >= 0.6 is 11.3 Å². The summed E-state index contributed by atoms with van der Waals surface area (Å²) in [6, 6.07) is 4.52. The summed E-state index contributed by atoms with van der Waals surface area (Å²) in [5.41, 5.74) is 0. The third kappa shape index (κ3) is 4.45. The van der Waals surface area contributed by atoms with Gasteiger partial charge in [0.2, 0.25) is 5.91 Å². The molecule has 23 heavy (non-hydrogen) atoms. The molecule has 0 spiro atoms. The number of hydrogen-bond donors (Lipinski definition) is 2. The first kappa shape index (κ1) is 16.3. The quantitative estimate of drug-likeness (QED) is 0.811. The number of nitrogens with zero attached hydrogens (tertiary/aromatic N) is 2. The molecule has 0 unspecified atom stereocenters. The fraction of sp³-hybridized carbons (Fsp3) is 0.625. The third-order valence-corrected chi connectivity index (χ3v) is 5.46. The summed E-state index contributed by atoms with van der Waals surface area (Å²) in [5.74, 6) is 0.0962. The predicted octanol–water partition coefficient (Wildman–Crippen LogP) is 0.896. The van der Waals surface area contributed by atoms with E-state index in [-0.39, 0.29) is 11.9 Å². The Labute approximate surface area is 140 Å². The molecule has 3 heterocycles. The van der Waals surface area contributed by atoms with Gasteiger partial charge in [-0.15, -0.1) is 11.3 Å². The largest absolute Gasteiger partial charge is 0.355 e. The Kier molecular flexibility index (Phi) is 5.51. The van der Waals surface area contributed by atoms with E-state index < -0.39 is 0 Å². The summed E-state index contributed by atoms with van der Waals surface area (Å²) in [5, 5.41) is 7.91. The van der Waals surface area contributed by atoms with E-state index >= 15 is 0 Å². The Morgan fingerprint density at radius 3 is 2.83 bits per heavy atom. The van der Waals surface area contributed by atoms with E-state index in [1.807, 2.05) is 11.0 Å². The van der Waals surface area contributed by atoms with Crippen molar-refractivity contribution in [2.24, 2.45) is 0 Å². The van der Waals surface area contributed by atoms with Crippen molar-refractivity contribution in [3.8, 4) is 0 Å². The van der Waals surface area contributed by atoms with Crippen molar-refractivity contribution in [3.05, 3.63) is 22.4 Å². The highest BCUT2D eigenvalue weighted by Gasteiger charge is 2.30. The molecule has 7 heteroatoms. The molecule has 0 radical (unpaired) electrons. The molecule has 0 atom stereocenters. The molecule has 2 saturated heterocycles. The Bertz CT molecular complexity index is 526. The molecule has 3 rings (SSSR count). The van der Waals surface area contributed by atoms with Gasteiger partial charge in [-0.05, 0) is 30.7 Å². The normalized spacial score (nSPS) is 19.8. The van der Waals surface area contributed by atoms with Crippen LogP contribution in [0.4, 0.5) is 4.79 Å². The Balaban J connectivity index is 1.33. The summed E-state index contributed by atoms with van der Waals surface area (Å²) < 4.78 is 0. The predicted molar refractivity (Wildman–Crippen MR) is 90.6 cm³/mol. The smallest absolute Gasteiger partial charge is 0.317 e. The molecule has 1 aromatic rings. The van der Waals surface area contributed by atoms with Crippen LogP contribution in [0.2, 0.25) is 0 Å². The standard InChI is InChI=1S/C16H24N4O2S/c21-15(17-6-3-14-2-1-11-23-14)12-19-8-4-13(5-9-19)20-10-7-18-16(20)22/h1-2,11,13H,3-10,12H2,(H,17,21)(H,18,22). The van der Waals surface area contributed by atoms with Crippen molar-refractivity contribution in [2.75, 3.05) is 39.3 Å². The minimum absolute atomic E-state index is 0.0646. The summed E-state index contributed by atoms with van der Waals surface area (Å²) in [7, 11) is 0. The Morgan fingerprint density at radius 1 is 1.35 bits per heavy atom. The van der Waals surface area contributed by atoms with Crippen molar-refractivity contribution >= 4 is 23.3 Å². The lowest BCUT2D eigenvalue weighted by Gasteiger charge is -2.35. The zero-order chi connectivity index (χ0) is 16.1. The molecule has 126 valence electrons. The fourth-order valence-electron chi connectivity index (χ4n) is 3.26. The monoisotopic (exact) mass is 336 g/mol. The third-order valence-electron chi connectivity index (χ3n) is 4.53. The van der Waals surface area contributed by atoms with E-state index in [0.29, 0.717) is 19.1 Å². The second kappa shape index (κ2) is 7.79. The number of piperidine rings is 1. The fourth-order valence-corrected chi connectivity index (χ4v) is 3.97. The number of amides is 3. The topological polar surface area (TPSA) is 64.7 Å². The molecule has 1 aromatic heterocycles. The number of rotatable bonds is 6. The van der Waals surface area contributed by atoms with E-state index in [4.69, 9.17) is 0 Å². The number of likely N-dealkylation sites (tertiary alicyclic amines) is 1. The van der Waals surface area contributed by atoms with Gasteiger partial charge in [-0.3, -0.25) is 9.69 Å². The van der Waals surface area contributed by atoms with E-state index in [0.717, 1.165) is 45.4 Å². The number of urea groups is 1. The molecule has 2 aliphatic heterocycles. The van der Waals surface area contributed by atoms with Gasteiger partial charge in [0.05, 0.1) is 6.54 Å². The van der Waals surface area contributed by atoms with Crippen molar-refractivity contribution in [3.63, 3.8) is 0 Å². The SMILES string of the molecule is O=C(CN1CCC(N2CCNC2=O)CC1)NCCc1cccs1. The Morgan fingerprint density at radius 2 is 2.17 bits per heavy atom. The van der Waals surface area contributed by atoms with Gasteiger partial charge in [0.25, 0.3) is 0 Å². The van der Waals surface area contributed by atoms with Crippen molar-refractivity contribution in [1.82, 2.24) is 20.4 Å². The maximum absolute atomic E-state index is 12.0. The van der Waals surface area contributed by atoms with Gasteiger partial charge >= 0.3 is 6.03 Å². The maximum atomic E-state index is 12.0. The van der Waals surface area contributed by atoms with Gasteiger partial charge in [-0.25, -0.2) is 4.79 Å². The molecule has 0 aromatic carbocycles. The molecule has 0 saturated carbocycles. The second-order valence-electron chi connectivity index (χ2n) is 6.11. The summed E-state index contributed by atoms with van der Waals surface area (Å²) in [4.78, 5) is 29.1. The second-order valence-corrected chi connectivity index (χ2v) is 7.14. The molecule has 0 aliphatic carbocycles. The van der Waals surface area contributed by atoms with Gasteiger partial charge in [0.1, 0.15) is 0 Å². The molecule has 2 aliphatic rings. The molecular weight excluding hydrogens is 312 g/mol. The lowest BCUT2D eigenvalue weighted by molar-refractivity contribution is -0.122. The molecule has 6 nitrogen and oxygen atoms in total. The lowest BCUT2D eigenvalue weighted by Crippen LogP contribution is -2.48. The van der Waals surface area contributed by atoms with Gasteiger partial charge in [0, 0.05) is 43.6 Å². The number of hydrogen-bond acceptors (Lipinski definition) is 4. The average Bonchev–Trinajstić information content (AvgIpc) is 3.20. The average molecular weight is 336 g/mol. The first-order valence-corrected chi connectivity index (χ1v) is 9.16. The zero-order valence-corrected chi connectivity index (χ0v) is 14.1. The zero-order valence-electron chi connectivity index (χ0n) is 13.3. The van der Waals surface area contributed by atoms with Crippen LogP contribution in [0, 0.1) is 0 Å². The van der Waals surface area contributed by atoms with Crippen LogP contribution in [0.15, 0.2) is 17.5 Å². The molecule has 2 N–H and O–H groups in total. The lowest BCUT2D eigenvalue weighted by atomic mass is 10.0. The van der Waals surface area contributed by atoms with Gasteiger partial charge in [-0.2, -0.15) is 0 Å². The first-order chi connectivity index (χ1) is 11.2. The number of thiophene rings is 1. The Hall–Kier alpha value is -1.60. The van der Waals surface area contributed by atoms with Crippen LogP contribution in [-0.4, -0.2) is 67.0 Å². The summed E-state index contributed by atoms with van der Waals surface area (Å²) in [6.45, 7) is 4.49. The number of nitrogens with one attached hydrogen (secondary N) is 2. The summed E-state index contributed by atoms with van der Waals surface area (Å²) in [6.07, 6.45) is 2.81. The minimum Gasteiger partial charge on any atom is -0.355 e.